The summed E-state index contributed by atoms with van der Waals surface area (Å²) in [7, 11) is 0. The second-order valence-electron chi connectivity index (χ2n) is 3.97. The lowest BCUT2D eigenvalue weighted by Crippen LogP contribution is -2.15. The van der Waals surface area contributed by atoms with E-state index in [9.17, 15) is 13.2 Å². The van der Waals surface area contributed by atoms with Crippen LogP contribution >= 0.6 is 11.8 Å². The van der Waals surface area contributed by atoms with E-state index in [2.05, 4.69) is 0 Å². The van der Waals surface area contributed by atoms with Crippen LogP contribution in [-0.2, 0) is 11.9 Å². The Kier molecular flexibility index (Phi) is 5.33. The zero-order valence-electron chi connectivity index (χ0n) is 9.63. The van der Waals surface area contributed by atoms with Crippen LogP contribution < -0.4 is 5.73 Å². The molecule has 96 valence electrons. The minimum absolute atomic E-state index is 0.0976. The van der Waals surface area contributed by atoms with Crippen molar-refractivity contribution in [2.75, 3.05) is 5.75 Å². The van der Waals surface area contributed by atoms with Crippen LogP contribution in [0.5, 0.6) is 0 Å². The summed E-state index contributed by atoms with van der Waals surface area (Å²) in [6, 6.07) is 5.80. The van der Waals surface area contributed by atoms with Gasteiger partial charge in [0.25, 0.3) is 0 Å². The Bertz CT molecular complexity index is 350. The van der Waals surface area contributed by atoms with Crippen molar-refractivity contribution in [2.24, 2.45) is 5.73 Å². The lowest BCUT2D eigenvalue weighted by atomic mass is 10.1. The summed E-state index contributed by atoms with van der Waals surface area (Å²) in [5.41, 5.74) is 5.39. The molecule has 0 saturated heterocycles. The number of thioether (sulfide) groups is 1. The summed E-state index contributed by atoms with van der Waals surface area (Å²) < 4.78 is 38.0. The molecule has 0 fully saturated rings. The Morgan fingerprint density at radius 2 is 1.94 bits per heavy atom. The summed E-state index contributed by atoms with van der Waals surface area (Å²) in [5.74, 6) is 1.16. The average molecular weight is 263 g/mol. The Balaban J connectivity index is 2.59. The van der Waals surface area contributed by atoms with Crippen molar-refractivity contribution in [3.05, 3.63) is 35.4 Å². The normalized spacial score (nSPS) is 13.7. The first-order chi connectivity index (χ1) is 7.91. The fraction of sp³-hybridized carbons (Fsp3) is 0.500. The molecular weight excluding hydrogens is 247 g/mol. The minimum atomic E-state index is -4.27. The predicted molar refractivity (Wildman–Crippen MR) is 65.9 cm³/mol. The molecule has 0 heterocycles. The van der Waals surface area contributed by atoms with Crippen molar-refractivity contribution in [2.45, 2.75) is 31.3 Å². The lowest BCUT2D eigenvalue weighted by Gasteiger charge is -2.12. The van der Waals surface area contributed by atoms with E-state index in [1.54, 1.807) is 6.07 Å². The first kappa shape index (κ1) is 14.4. The van der Waals surface area contributed by atoms with Crippen LogP contribution in [0.25, 0.3) is 0 Å². The zero-order valence-corrected chi connectivity index (χ0v) is 10.4. The fourth-order valence-electron chi connectivity index (χ4n) is 1.37. The predicted octanol–water partition coefficient (Wildman–Crippen LogP) is 3.68. The highest BCUT2D eigenvalue weighted by molar-refractivity contribution is 7.98. The number of nitrogens with two attached hydrogens (primary N) is 1. The fourth-order valence-corrected chi connectivity index (χ4v) is 2.53. The van der Waals surface area contributed by atoms with Crippen molar-refractivity contribution in [3.63, 3.8) is 0 Å². The van der Waals surface area contributed by atoms with Gasteiger partial charge in [0, 0.05) is 11.8 Å². The molecule has 1 rings (SSSR count). The highest BCUT2D eigenvalue weighted by Crippen LogP contribution is 2.33. The maximum Gasteiger partial charge on any atom is 0.416 e. The molecule has 0 aliphatic heterocycles. The molecule has 1 aromatic rings. The van der Waals surface area contributed by atoms with Crippen LogP contribution in [0.15, 0.2) is 24.3 Å². The molecule has 0 aromatic heterocycles. The molecule has 5 heteroatoms. The van der Waals surface area contributed by atoms with Crippen LogP contribution in [0.4, 0.5) is 13.2 Å². The van der Waals surface area contributed by atoms with Crippen molar-refractivity contribution in [1.82, 2.24) is 0 Å². The van der Waals surface area contributed by atoms with Crippen molar-refractivity contribution >= 4 is 11.8 Å². The van der Waals surface area contributed by atoms with Gasteiger partial charge in [-0.2, -0.15) is 24.9 Å². The van der Waals surface area contributed by atoms with Gasteiger partial charge in [0.2, 0.25) is 0 Å². The third-order valence-electron chi connectivity index (χ3n) is 2.30. The van der Waals surface area contributed by atoms with Crippen molar-refractivity contribution < 1.29 is 13.2 Å². The molecule has 1 aromatic carbocycles. The molecule has 0 radical (unpaired) electrons. The van der Waals surface area contributed by atoms with Gasteiger partial charge in [-0.1, -0.05) is 18.2 Å². The Labute approximate surface area is 104 Å². The van der Waals surface area contributed by atoms with Crippen molar-refractivity contribution in [1.29, 1.82) is 0 Å². The molecule has 0 bridgehead atoms. The SMILES string of the molecule is CC(N)CCSCc1ccccc1C(F)(F)F. The highest BCUT2D eigenvalue weighted by Gasteiger charge is 2.32. The van der Waals surface area contributed by atoms with Gasteiger partial charge in [0.15, 0.2) is 0 Å². The number of alkyl halides is 3. The zero-order chi connectivity index (χ0) is 12.9. The minimum Gasteiger partial charge on any atom is -0.328 e. The Hall–Kier alpha value is -0.680. The summed E-state index contributed by atoms with van der Waals surface area (Å²) in [5, 5.41) is 0. The monoisotopic (exact) mass is 263 g/mol. The van der Waals surface area contributed by atoms with Gasteiger partial charge in [-0.05, 0) is 30.7 Å². The lowest BCUT2D eigenvalue weighted by molar-refractivity contribution is -0.138. The van der Waals surface area contributed by atoms with E-state index in [-0.39, 0.29) is 6.04 Å². The first-order valence-electron chi connectivity index (χ1n) is 5.39. The molecule has 0 aliphatic carbocycles. The second-order valence-corrected chi connectivity index (χ2v) is 5.08. The van der Waals surface area contributed by atoms with Crippen LogP contribution in [0.1, 0.15) is 24.5 Å². The van der Waals surface area contributed by atoms with Gasteiger partial charge in [0.1, 0.15) is 0 Å². The molecule has 0 saturated carbocycles. The number of hydrogen-bond acceptors (Lipinski definition) is 2. The highest BCUT2D eigenvalue weighted by atomic mass is 32.2. The van der Waals surface area contributed by atoms with E-state index in [1.807, 2.05) is 6.92 Å². The number of rotatable bonds is 5. The molecule has 0 spiro atoms. The maximum absolute atomic E-state index is 12.7. The van der Waals surface area contributed by atoms with Crippen molar-refractivity contribution in [3.8, 4) is 0 Å². The van der Waals surface area contributed by atoms with Crippen LogP contribution in [0.3, 0.4) is 0 Å². The number of halogens is 3. The smallest absolute Gasteiger partial charge is 0.328 e. The topological polar surface area (TPSA) is 26.0 Å². The molecule has 0 amide bonds. The Morgan fingerprint density at radius 3 is 2.53 bits per heavy atom. The summed E-state index contributed by atoms with van der Waals surface area (Å²) in [6.07, 6.45) is -3.45. The molecular formula is C12H16F3NS. The number of benzene rings is 1. The molecule has 17 heavy (non-hydrogen) atoms. The first-order valence-corrected chi connectivity index (χ1v) is 6.55. The van der Waals surface area contributed by atoms with Crippen LogP contribution in [0, 0.1) is 0 Å². The largest absolute Gasteiger partial charge is 0.416 e. The standard InChI is InChI=1S/C12H16F3NS/c1-9(16)6-7-17-8-10-4-2-3-5-11(10)12(13,14)15/h2-5,9H,6-8,16H2,1H3. The van der Waals surface area contributed by atoms with E-state index in [1.165, 1.54) is 23.9 Å². The second kappa shape index (κ2) is 6.31. The summed E-state index contributed by atoms with van der Waals surface area (Å²) >= 11 is 1.48. The van der Waals surface area contributed by atoms with E-state index in [0.717, 1.165) is 18.2 Å². The van der Waals surface area contributed by atoms with Crippen LogP contribution in [-0.4, -0.2) is 11.8 Å². The van der Waals surface area contributed by atoms with Gasteiger partial charge < -0.3 is 5.73 Å². The molecule has 1 atom stereocenters. The summed E-state index contributed by atoms with van der Waals surface area (Å²) in [4.78, 5) is 0. The average Bonchev–Trinajstić information content (AvgIpc) is 2.23. The molecule has 1 nitrogen and oxygen atoms in total. The number of hydrogen-bond donors (Lipinski definition) is 1. The van der Waals surface area contributed by atoms with E-state index in [4.69, 9.17) is 5.73 Å². The van der Waals surface area contributed by atoms with Gasteiger partial charge in [0.05, 0.1) is 5.56 Å². The molecule has 0 aliphatic rings. The third kappa shape index (κ3) is 5.00. The Morgan fingerprint density at radius 1 is 1.29 bits per heavy atom. The van der Waals surface area contributed by atoms with Crippen LogP contribution in [0.2, 0.25) is 0 Å². The van der Waals surface area contributed by atoms with E-state index < -0.39 is 11.7 Å². The van der Waals surface area contributed by atoms with Gasteiger partial charge in [-0.3, -0.25) is 0 Å². The van der Waals surface area contributed by atoms with Gasteiger partial charge in [-0.15, -0.1) is 0 Å². The van der Waals surface area contributed by atoms with E-state index in [0.29, 0.717) is 11.3 Å². The quantitative estimate of drug-likeness (QED) is 0.820. The maximum atomic E-state index is 12.7. The molecule has 1 unspecified atom stereocenters. The molecule has 2 N–H and O–H groups in total. The van der Waals surface area contributed by atoms with Gasteiger partial charge >= 0.3 is 6.18 Å². The summed E-state index contributed by atoms with van der Waals surface area (Å²) in [6.45, 7) is 1.89. The third-order valence-corrected chi connectivity index (χ3v) is 3.34. The van der Waals surface area contributed by atoms with Gasteiger partial charge in [-0.25, -0.2) is 0 Å². The van der Waals surface area contributed by atoms with E-state index >= 15 is 0 Å².